The average Bonchev–Trinajstić information content (AvgIpc) is 2.26. The molecule has 1 aromatic carbocycles. The lowest BCUT2D eigenvalue weighted by atomic mass is 10.0. The van der Waals surface area contributed by atoms with Crippen molar-refractivity contribution in [3.63, 3.8) is 0 Å². The van der Waals surface area contributed by atoms with Crippen molar-refractivity contribution in [1.29, 1.82) is 0 Å². The second kappa shape index (κ2) is 8.76. The van der Waals surface area contributed by atoms with Gasteiger partial charge >= 0.3 is 0 Å². The number of benzene rings is 1. The van der Waals surface area contributed by atoms with Crippen molar-refractivity contribution in [2.75, 3.05) is 6.54 Å². The molecule has 0 radical (unpaired) electrons. The summed E-state index contributed by atoms with van der Waals surface area (Å²) in [6, 6.07) is 1.68. The van der Waals surface area contributed by atoms with Crippen LogP contribution in [0.2, 0.25) is 0 Å². The lowest BCUT2D eigenvalue weighted by molar-refractivity contribution is 0.465. The fraction of sp³-hybridized carbons (Fsp3) is 0.455. The van der Waals surface area contributed by atoms with Crippen molar-refractivity contribution in [2.45, 2.75) is 25.3 Å². The zero-order valence-corrected chi connectivity index (χ0v) is 15.2. The third-order valence-electron chi connectivity index (χ3n) is 2.52. The van der Waals surface area contributed by atoms with Crippen LogP contribution in [0.15, 0.2) is 19.5 Å². The van der Waals surface area contributed by atoms with Gasteiger partial charge in [0.15, 0.2) is 0 Å². The van der Waals surface area contributed by atoms with Gasteiger partial charge in [-0.3, -0.25) is 0 Å². The third kappa shape index (κ3) is 4.65. The van der Waals surface area contributed by atoms with Gasteiger partial charge in [-0.25, -0.2) is 0 Å². The number of rotatable bonds is 5. The second-order valence-corrected chi connectivity index (χ2v) is 6.31. The summed E-state index contributed by atoms with van der Waals surface area (Å²) in [6.07, 6.45) is 2.79. The van der Waals surface area contributed by atoms with Crippen LogP contribution >= 0.6 is 60.2 Å². The molecule has 0 aliphatic heterocycles. The lowest BCUT2D eigenvalue weighted by Gasteiger charge is -2.17. The molecule has 0 bridgehead atoms. The van der Waals surface area contributed by atoms with Crippen molar-refractivity contribution >= 4 is 60.2 Å². The highest BCUT2D eigenvalue weighted by atomic mass is 79.9. The smallest absolute Gasteiger partial charge is 0.144 e. The summed E-state index contributed by atoms with van der Waals surface area (Å²) in [5.41, 5.74) is 12.5. The van der Waals surface area contributed by atoms with E-state index in [0.717, 1.165) is 29.3 Å². The van der Waals surface area contributed by atoms with E-state index in [0.29, 0.717) is 15.5 Å². The van der Waals surface area contributed by atoms with Gasteiger partial charge in [0.05, 0.1) is 8.95 Å². The van der Waals surface area contributed by atoms with Gasteiger partial charge < -0.3 is 16.6 Å². The maximum Gasteiger partial charge on any atom is 0.144 e. The van der Waals surface area contributed by atoms with E-state index in [-0.39, 0.29) is 24.2 Å². The summed E-state index contributed by atoms with van der Waals surface area (Å²) in [4.78, 5) is 0. The van der Waals surface area contributed by atoms with Crippen molar-refractivity contribution in [3.05, 3.63) is 25.0 Å². The van der Waals surface area contributed by atoms with Crippen molar-refractivity contribution in [1.82, 2.24) is 0 Å². The van der Waals surface area contributed by atoms with Gasteiger partial charge in [0.2, 0.25) is 0 Å². The highest BCUT2D eigenvalue weighted by Crippen LogP contribution is 2.42. The number of nitrogens with two attached hydrogens (primary N) is 2. The SMILES string of the molecule is Cl.NCCCC[C@@H](N)c1c(Br)cc(Br)c(O)c1Br. The topological polar surface area (TPSA) is 72.3 Å². The lowest BCUT2D eigenvalue weighted by Crippen LogP contribution is -2.12. The van der Waals surface area contributed by atoms with Crippen LogP contribution in [0.1, 0.15) is 30.9 Å². The van der Waals surface area contributed by atoms with Crippen LogP contribution in [0.4, 0.5) is 0 Å². The Hall–Kier alpha value is 0.670. The maximum absolute atomic E-state index is 9.84. The first-order valence-electron chi connectivity index (χ1n) is 5.31. The molecule has 1 rings (SSSR count). The Kier molecular flexibility index (Phi) is 9.09. The monoisotopic (exact) mass is 464 g/mol. The maximum atomic E-state index is 9.84. The predicted octanol–water partition coefficient (Wildman–Crippen LogP) is 4.23. The Morgan fingerprint density at radius 3 is 2.33 bits per heavy atom. The molecule has 0 aliphatic carbocycles. The summed E-state index contributed by atoms with van der Waals surface area (Å²) >= 11 is 10.1. The van der Waals surface area contributed by atoms with Crippen LogP contribution in [0, 0.1) is 0 Å². The summed E-state index contributed by atoms with van der Waals surface area (Å²) in [6.45, 7) is 0.681. The molecule has 0 aromatic heterocycles. The van der Waals surface area contributed by atoms with Crippen LogP contribution in [0.3, 0.4) is 0 Å². The molecule has 0 amide bonds. The molecule has 0 aliphatic rings. The highest BCUT2D eigenvalue weighted by molar-refractivity contribution is 9.11. The molecule has 18 heavy (non-hydrogen) atoms. The average molecular weight is 467 g/mol. The fourth-order valence-corrected chi connectivity index (χ4v) is 4.30. The summed E-state index contributed by atoms with van der Waals surface area (Å²) in [5.74, 6) is 0.178. The molecule has 3 nitrogen and oxygen atoms in total. The van der Waals surface area contributed by atoms with E-state index in [2.05, 4.69) is 47.8 Å². The molecule has 0 fully saturated rings. The molecule has 104 valence electrons. The van der Waals surface area contributed by atoms with Crippen molar-refractivity contribution in [2.24, 2.45) is 11.5 Å². The number of hydrogen-bond donors (Lipinski definition) is 3. The van der Waals surface area contributed by atoms with Gasteiger partial charge in [-0.05, 0) is 57.3 Å². The van der Waals surface area contributed by atoms with Gasteiger partial charge in [-0.2, -0.15) is 0 Å². The van der Waals surface area contributed by atoms with E-state index >= 15 is 0 Å². The highest BCUT2D eigenvalue weighted by Gasteiger charge is 2.18. The van der Waals surface area contributed by atoms with Crippen LogP contribution in [0.5, 0.6) is 5.75 Å². The van der Waals surface area contributed by atoms with E-state index in [1.165, 1.54) is 0 Å². The Morgan fingerprint density at radius 2 is 1.78 bits per heavy atom. The first kappa shape index (κ1) is 18.7. The standard InChI is InChI=1S/C11H15Br3N2O.ClH/c12-6-5-7(13)11(17)10(14)9(6)8(16)3-1-2-4-15;/h5,8,17H,1-4,15-16H2;1H/t8-;/m1./s1. The van der Waals surface area contributed by atoms with Crippen molar-refractivity contribution < 1.29 is 5.11 Å². The number of hydrogen-bond acceptors (Lipinski definition) is 3. The molecule has 1 aromatic rings. The minimum Gasteiger partial charge on any atom is -0.506 e. The number of halogens is 4. The van der Waals surface area contributed by atoms with Crippen LogP contribution < -0.4 is 11.5 Å². The summed E-state index contributed by atoms with van der Waals surface area (Å²) in [7, 11) is 0. The number of aromatic hydroxyl groups is 1. The number of phenols is 1. The quantitative estimate of drug-likeness (QED) is 0.568. The Bertz CT molecular complexity index is 404. The Morgan fingerprint density at radius 1 is 1.17 bits per heavy atom. The molecule has 7 heteroatoms. The van der Waals surface area contributed by atoms with Crippen LogP contribution in [-0.4, -0.2) is 11.7 Å². The van der Waals surface area contributed by atoms with E-state index in [1.54, 1.807) is 6.07 Å². The van der Waals surface area contributed by atoms with Gasteiger partial charge in [-0.1, -0.05) is 22.4 Å². The molecule has 0 spiro atoms. The van der Waals surface area contributed by atoms with E-state index < -0.39 is 0 Å². The minimum absolute atomic E-state index is 0. The largest absolute Gasteiger partial charge is 0.506 e. The van der Waals surface area contributed by atoms with E-state index in [4.69, 9.17) is 11.5 Å². The molecule has 0 heterocycles. The predicted molar refractivity (Wildman–Crippen MR) is 88.3 cm³/mol. The fourth-order valence-electron chi connectivity index (χ4n) is 1.59. The molecule has 1 atom stereocenters. The normalized spacial score (nSPS) is 12.1. The van der Waals surface area contributed by atoms with Crippen molar-refractivity contribution in [3.8, 4) is 5.75 Å². The first-order valence-corrected chi connectivity index (χ1v) is 7.69. The van der Waals surface area contributed by atoms with Gasteiger partial charge in [0.1, 0.15) is 5.75 Å². The minimum atomic E-state index is -0.121. The molecule has 0 saturated carbocycles. The molecule has 0 unspecified atom stereocenters. The van der Waals surface area contributed by atoms with Gasteiger partial charge in [0, 0.05) is 16.1 Å². The molecular weight excluding hydrogens is 451 g/mol. The number of unbranched alkanes of at least 4 members (excludes halogenated alkanes) is 1. The molecular formula is C11H16Br3ClN2O. The summed E-state index contributed by atoms with van der Waals surface area (Å²) < 4.78 is 2.16. The van der Waals surface area contributed by atoms with E-state index in [9.17, 15) is 5.11 Å². The zero-order chi connectivity index (χ0) is 13.0. The number of phenolic OH excluding ortho intramolecular Hbond substituents is 1. The molecule has 0 saturated heterocycles. The Balaban J connectivity index is 0.00000289. The van der Waals surface area contributed by atoms with Crippen LogP contribution in [0.25, 0.3) is 0 Å². The van der Waals surface area contributed by atoms with Gasteiger partial charge in [-0.15, -0.1) is 12.4 Å². The third-order valence-corrected chi connectivity index (χ3v) is 4.58. The summed E-state index contributed by atoms with van der Waals surface area (Å²) in [5, 5.41) is 9.84. The first-order chi connectivity index (χ1) is 7.99. The Labute approximate surface area is 138 Å². The molecule has 5 N–H and O–H groups in total. The van der Waals surface area contributed by atoms with E-state index in [1.807, 2.05) is 0 Å². The second-order valence-electron chi connectivity index (χ2n) is 3.81. The zero-order valence-electron chi connectivity index (χ0n) is 9.63. The van der Waals surface area contributed by atoms with Crippen LogP contribution in [-0.2, 0) is 0 Å². The van der Waals surface area contributed by atoms with Gasteiger partial charge in [0.25, 0.3) is 0 Å².